The number of rotatable bonds is 4. The van der Waals surface area contributed by atoms with Gasteiger partial charge in [0.15, 0.2) is 17.7 Å². The number of fused-ring (bicyclic) bond motifs is 1. The van der Waals surface area contributed by atoms with Crippen LogP contribution in [0.25, 0.3) is 0 Å². The molecule has 0 amide bonds. The van der Waals surface area contributed by atoms with Crippen molar-refractivity contribution in [3.63, 3.8) is 0 Å². The van der Waals surface area contributed by atoms with E-state index in [0.717, 1.165) is 11.1 Å². The second-order valence-corrected chi connectivity index (χ2v) is 6.92. The Labute approximate surface area is 167 Å². The molecular formula is C21H21FN4O3. The molecule has 0 bridgehead atoms. The Morgan fingerprint density at radius 2 is 1.72 bits per heavy atom. The van der Waals surface area contributed by atoms with Crippen LogP contribution in [0.2, 0.25) is 0 Å². The van der Waals surface area contributed by atoms with Crippen LogP contribution >= 0.6 is 0 Å². The molecule has 1 fully saturated rings. The van der Waals surface area contributed by atoms with Crippen LogP contribution in [0.4, 0.5) is 4.39 Å². The highest BCUT2D eigenvalue weighted by Crippen LogP contribution is 2.48. The van der Waals surface area contributed by atoms with E-state index in [1.54, 1.807) is 32.4 Å². The standard InChI is InChI=1S/C21H21FN4O3/c1-27-15-8-5-12(9-16(15)28-2)17-14(10-23)20(24)29-21-18(17)19(25-26-21)11-3-6-13(22)7-4-11/h3-9,17-19,21,25-26H,24H2,1-2H3. The predicted molar refractivity (Wildman–Crippen MR) is 103 cm³/mol. The average molecular weight is 396 g/mol. The second-order valence-electron chi connectivity index (χ2n) is 6.92. The number of benzene rings is 2. The minimum Gasteiger partial charge on any atom is -0.493 e. The van der Waals surface area contributed by atoms with Gasteiger partial charge in [0.2, 0.25) is 5.88 Å². The van der Waals surface area contributed by atoms with E-state index in [4.69, 9.17) is 19.9 Å². The molecule has 2 aliphatic heterocycles. The number of nitrogens with zero attached hydrogens (tertiary/aromatic N) is 1. The molecule has 1 saturated heterocycles. The van der Waals surface area contributed by atoms with Gasteiger partial charge in [-0.15, -0.1) is 0 Å². The smallest absolute Gasteiger partial charge is 0.200 e. The number of hydrogen-bond donors (Lipinski definition) is 3. The molecule has 4 atom stereocenters. The molecule has 0 aliphatic carbocycles. The molecule has 4 N–H and O–H groups in total. The zero-order valence-electron chi connectivity index (χ0n) is 16.0. The molecule has 7 nitrogen and oxygen atoms in total. The van der Waals surface area contributed by atoms with Gasteiger partial charge in [-0.05, 0) is 35.4 Å². The first-order valence-electron chi connectivity index (χ1n) is 9.12. The summed E-state index contributed by atoms with van der Waals surface area (Å²) in [6.45, 7) is 0. The van der Waals surface area contributed by atoms with E-state index in [1.807, 2.05) is 12.1 Å². The SMILES string of the molecule is COc1ccc(C2C(C#N)=C(N)OC3NNC(c4ccc(F)cc4)C32)cc1OC. The van der Waals surface area contributed by atoms with E-state index in [1.165, 1.54) is 12.1 Å². The summed E-state index contributed by atoms with van der Waals surface area (Å²) in [4.78, 5) is 0. The van der Waals surface area contributed by atoms with Gasteiger partial charge in [-0.25, -0.2) is 15.2 Å². The van der Waals surface area contributed by atoms with E-state index < -0.39 is 6.23 Å². The third-order valence-electron chi connectivity index (χ3n) is 5.45. The molecule has 2 aliphatic rings. The third kappa shape index (κ3) is 3.24. The topological polar surface area (TPSA) is 102 Å². The number of hydrazine groups is 1. The third-order valence-corrected chi connectivity index (χ3v) is 5.45. The molecule has 2 aromatic rings. The fraction of sp³-hybridized carbons (Fsp3) is 0.286. The summed E-state index contributed by atoms with van der Waals surface area (Å²) >= 11 is 0. The van der Waals surface area contributed by atoms with Gasteiger partial charge in [-0.3, -0.25) is 0 Å². The molecule has 4 unspecified atom stereocenters. The Morgan fingerprint density at radius 3 is 2.38 bits per heavy atom. The van der Waals surface area contributed by atoms with Crippen LogP contribution in [0, 0.1) is 23.1 Å². The van der Waals surface area contributed by atoms with Crippen LogP contribution in [0.5, 0.6) is 11.5 Å². The highest BCUT2D eigenvalue weighted by Gasteiger charge is 2.49. The van der Waals surface area contributed by atoms with Crippen LogP contribution in [0.15, 0.2) is 53.9 Å². The van der Waals surface area contributed by atoms with Gasteiger partial charge in [0.25, 0.3) is 0 Å². The maximum Gasteiger partial charge on any atom is 0.200 e. The van der Waals surface area contributed by atoms with E-state index >= 15 is 0 Å². The van der Waals surface area contributed by atoms with Crippen LogP contribution < -0.4 is 26.1 Å². The fourth-order valence-electron chi connectivity index (χ4n) is 4.10. The Hall–Kier alpha value is -3.28. The van der Waals surface area contributed by atoms with Gasteiger partial charge in [-0.1, -0.05) is 18.2 Å². The van der Waals surface area contributed by atoms with Gasteiger partial charge < -0.3 is 19.9 Å². The number of nitrogens with one attached hydrogen (secondary N) is 2. The summed E-state index contributed by atoms with van der Waals surface area (Å²) in [5.41, 5.74) is 14.4. The van der Waals surface area contributed by atoms with Crippen LogP contribution in [-0.4, -0.2) is 20.4 Å². The van der Waals surface area contributed by atoms with E-state index in [2.05, 4.69) is 16.9 Å². The summed E-state index contributed by atoms with van der Waals surface area (Å²) in [5, 5.41) is 9.82. The summed E-state index contributed by atoms with van der Waals surface area (Å²) in [5.74, 6) is 0.350. The van der Waals surface area contributed by atoms with Crippen LogP contribution in [0.3, 0.4) is 0 Å². The molecular weight excluding hydrogens is 375 g/mol. The molecule has 4 rings (SSSR count). The first kappa shape index (κ1) is 19.1. The van der Waals surface area contributed by atoms with Crippen molar-refractivity contribution in [1.29, 1.82) is 5.26 Å². The Morgan fingerprint density at radius 1 is 1.03 bits per heavy atom. The van der Waals surface area contributed by atoms with E-state index in [0.29, 0.717) is 17.1 Å². The number of ether oxygens (including phenoxy) is 3. The maximum atomic E-state index is 13.4. The first-order chi connectivity index (χ1) is 14.1. The first-order valence-corrected chi connectivity index (χ1v) is 9.12. The molecule has 2 heterocycles. The Kier molecular flexibility index (Phi) is 5.01. The minimum absolute atomic E-state index is 0.0857. The maximum absolute atomic E-state index is 13.4. The number of hydrogen-bond acceptors (Lipinski definition) is 7. The fourth-order valence-corrected chi connectivity index (χ4v) is 4.10. The van der Waals surface area contributed by atoms with Crippen molar-refractivity contribution in [3.8, 4) is 17.6 Å². The van der Waals surface area contributed by atoms with Crippen LogP contribution in [0.1, 0.15) is 23.1 Å². The molecule has 0 radical (unpaired) electrons. The number of methoxy groups -OCH3 is 2. The quantitative estimate of drug-likeness (QED) is 0.730. The largest absolute Gasteiger partial charge is 0.493 e. The number of nitriles is 1. The zero-order chi connectivity index (χ0) is 20.5. The van der Waals surface area contributed by atoms with Crippen LogP contribution in [-0.2, 0) is 4.74 Å². The molecule has 0 spiro atoms. The number of allylic oxidation sites excluding steroid dienone is 1. The summed E-state index contributed by atoms with van der Waals surface area (Å²) in [6, 6.07) is 13.8. The highest BCUT2D eigenvalue weighted by atomic mass is 19.1. The lowest BCUT2D eigenvalue weighted by atomic mass is 9.74. The lowest BCUT2D eigenvalue weighted by Gasteiger charge is -2.36. The van der Waals surface area contributed by atoms with Gasteiger partial charge in [-0.2, -0.15) is 5.26 Å². The molecule has 150 valence electrons. The average Bonchev–Trinajstić information content (AvgIpc) is 3.16. The number of halogens is 1. The zero-order valence-corrected chi connectivity index (χ0v) is 16.0. The Bertz CT molecular complexity index is 986. The van der Waals surface area contributed by atoms with Crippen molar-refractivity contribution in [2.24, 2.45) is 11.7 Å². The van der Waals surface area contributed by atoms with Crippen molar-refractivity contribution < 1.29 is 18.6 Å². The van der Waals surface area contributed by atoms with Crippen molar-refractivity contribution >= 4 is 0 Å². The van der Waals surface area contributed by atoms with E-state index in [-0.39, 0.29) is 29.6 Å². The predicted octanol–water partition coefficient (Wildman–Crippen LogP) is 2.44. The minimum atomic E-state index is -0.458. The van der Waals surface area contributed by atoms with Gasteiger partial charge in [0, 0.05) is 11.8 Å². The lowest BCUT2D eigenvalue weighted by molar-refractivity contribution is 0.0340. The molecule has 8 heteroatoms. The van der Waals surface area contributed by atoms with E-state index in [9.17, 15) is 9.65 Å². The summed E-state index contributed by atoms with van der Waals surface area (Å²) < 4.78 is 30.0. The molecule has 29 heavy (non-hydrogen) atoms. The highest BCUT2D eigenvalue weighted by molar-refractivity contribution is 5.49. The lowest BCUT2D eigenvalue weighted by Crippen LogP contribution is -2.41. The van der Waals surface area contributed by atoms with Crippen molar-refractivity contribution in [2.75, 3.05) is 14.2 Å². The van der Waals surface area contributed by atoms with Crippen molar-refractivity contribution in [2.45, 2.75) is 18.2 Å². The van der Waals surface area contributed by atoms with Gasteiger partial charge in [0.05, 0.1) is 25.8 Å². The molecule has 0 saturated carbocycles. The van der Waals surface area contributed by atoms with Crippen molar-refractivity contribution in [1.82, 2.24) is 10.9 Å². The summed E-state index contributed by atoms with van der Waals surface area (Å²) in [6.07, 6.45) is -0.458. The Balaban J connectivity index is 1.82. The molecule has 2 aromatic carbocycles. The van der Waals surface area contributed by atoms with Gasteiger partial charge in [0.1, 0.15) is 11.9 Å². The molecule has 0 aromatic heterocycles. The van der Waals surface area contributed by atoms with Gasteiger partial charge >= 0.3 is 0 Å². The summed E-state index contributed by atoms with van der Waals surface area (Å²) in [7, 11) is 3.12. The van der Waals surface area contributed by atoms with Crippen molar-refractivity contribution in [3.05, 3.63) is 70.9 Å². The second kappa shape index (κ2) is 7.62. The monoisotopic (exact) mass is 396 g/mol. The number of nitrogens with two attached hydrogens (primary N) is 1. The normalized spacial score (nSPS) is 25.7.